The molecule has 1 atom stereocenters. The smallest absolute Gasteiger partial charge is 0.243 e. The number of halogens is 3. The molecule has 1 unspecified atom stereocenters. The molecule has 23 heavy (non-hydrogen) atoms. The first-order valence-corrected chi connectivity index (χ1v) is 7.17. The third-order valence-electron chi connectivity index (χ3n) is 3.54. The lowest BCUT2D eigenvalue weighted by Gasteiger charge is -2.19. The van der Waals surface area contributed by atoms with Crippen LogP contribution in [0.5, 0.6) is 0 Å². The Hall–Kier alpha value is -1.73. The minimum absolute atomic E-state index is 0. The zero-order valence-corrected chi connectivity index (χ0v) is 13.6. The van der Waals surface area contributed by atoms with Crippen molar-refractivity contribution in [2.24, 2.45) is 0 Å². The summed E-state index contributed by atoms with van der Waals surface area (Å²) in [6.45, 7) is 0.747. The second-order valence-electron chi connectivity index (χ2n) is 5.45. The zero-order valence-electron chi connectivity index (χ0n) is 12.8. The van der Waals surface area contributed by atoms with Crippen LogP contribution in [0.3, 0.4) is 0 Å². The van der Waals surface area contributed by atoms with E-state index in [1.165, 1.54) is 11.9 Å². The van der Waals surface area contributed by atoms with Gasteiger partial charge in [-0.3, -0.25) is 9.59 Å². The second kappa shape index (κ2) is 8.79. The Balaban J connectivity index is 0.00000264. The number of carbonyl (C=O) groups is 2. The lowest BCUT2D eigenvalue weighted by Crippen LogP contribution is -2.38. The van der Waals surface area contributed by atoms with Crippen LogP contribution in [0.15, 0.2) is 18.2 Å². The van der Waals surface area contributed by atoms with Gasteiger partial charge in [0.15, 0.2) is 0 Å². The van der Waals surface area contributed by atoms with Crippen molar-refractivity contribution in [2.45, 2.75) is 25.3 Å². The van der Waals surface area contributed by atoms with Crippen LogP contribution < -0.4 is 10.6 Å². The first kappa shape index (κ1) is 19.3. The number of nitrogens with one attached hydrogen (secondary N) is 2. The van der Waals surface area contributed by atoms with Crippen molar-refractivity contribution in [1.82, 2.24) is 10.2 Å². The van der Waals surface area contributed by atoms with Gasteiger partial charge in [0.25, 0.3) is 0 Å². The van der Waals surface area contributed by atoms with E-state index in [0.717, 1.165) is 37.6 Å². The van der Waals surface area contributed by atoms with Crippen LogP contribution in [0.25, 0.3) is 0 Å². The Bertz CT molecular complexity index is 545. The van der Waals surface area contributed by atoms with Gasteiger partial charge in [0.2, 0.25) is 11.8 Å². The molecule has 0 aromatic heterocycles. The third-order valence-corrected chi connectivity index (χ3v) is 3.54. The number of hydrogen-bond donors (Lipinski definition) is 2. The van der Waals surface area contributed by atoms with Gasteiger partial charge in [-0.05, 0) is 31.5 Å². The van der Waals surface area contributed by atoms with Gasteiger partial charge in [-0.1, -0.05) is 0 Å². The topological polar surface area (TPSA) is 61.4 Å². The highest BCUT2D eigenvalue weighted by Gasteiger charge is 2.21. The summed E-state index contributed by atoms with van der Waals surface area (Å²) in [5.41, 5.74) is 0.0285. The summed E-state index contributed by atoms with van der Waals surface area (Å²) in [5, 5.41) is 5.59. The van der Waals surface area contributed by atoms with Crippen LogP contribution in [0.1, 0.15) is 19.3 Å². The molecule has 5 nitrogen and oxygen atoms in total. The van der Waals surface area contributed by atoms with E-state index >= 15 is 0 Å². The minimum Gasteiger partial charge on any atom is -0.336 e. The Morgan fingerprint density at radius 1 is 1.30 bits per heavy atom. The molecule has 1 heterocycles. The standard InChI is InChI=1S/C15H19F2N3O2.ClH/c1-20(15(22)8-12-3-2-4-18-12)9-14(21)19-13-6-10(16)5-11(17)7-13;/h5-7,12,18H,2-4,8-9H2,1H3,(H,19,21);1H. The molecule has 1 aromatic carbocycles. The largest absolute Gasteiger partial charge is 0.336 e. The number of hydrogen-bond acceptors (Lipinski definition) is 3. The van der Waals surface area contributed by atoms with E-state index in [2.05, 4.69) is 10.6 Å². The number of carbonyl (C=O) groups excluding carboxylic acids is 2. The molecule has 8 heteroatoms. The first-order valence-electron chi connectivity index (χ1n) is 7.17. The van der Waals surface area contributed by atoms with E-state index in [9.17, 15) is 18.4 Å². The molecular weight excluding hydrogens is 328 g/mol. The van der Waals surface area contributed by atoms with Gasteiger partial charge in [-0.2, -0.15) is 0 Å². The number of amides is 2. The highest BCUT2D eigenvalue weighted by Crippen LogP contribution is 2.13. The van der Waals surface area contributed by atoms with Gasteiger partial charge in [0, 0.05) is 31.3 Å². The van der Waals surface area contributed by atoms with Crippen LogP contribution >= 0.6 is 12.4 Å². The third kappa shape index (κ3) is 6.11. The predicted octanol–water partition coefficient (Wildman–Crippen LogP) is 1.93. The molecule has 0 bridgehead atoms. The highest BCUT2D eigenvalue weighted by atomic mass is 35.5. The molecule has 2 N–H and O–H groups in total. The SMILES string of the molecule is CN(CC(=O)Nc1cc(F)cc(F)c1)C(=O)CC1CCCN1.Cl. The molecule has 2 amide bonds. The van der Waals surface area contributed by atoms with Gasteiger partial charge in [-0.15, -0.1) is 12.4 Å². The average Bonchev–Trinajstić information content (AvgIpc) is 2.89. The van der Waals surface area contributed by atoms with Crippen molar-refractivity contribution < 1.29 is 18.4 Å². The number of rotatable bonds is 5. The molecule has 1 saturated heterocycles. The minimum atomic E-state index is -0.771. The van der Waals surface area contributed by atoms with E-state index in [1.54, 1.807) is 0 Å². The maximum absolute atomic E-state index is 13.0. The molecule has 0 aliphatic carbocycles. The summed E-state index contributed by atoms with van der Waals surface area (Å²) in [5.74, 6) is -2.18. The highest BCUT2D eigenvalue weighted by molar-refractivity contribution is 5.94. The quantitative estimate of drug-likeness (QED) is 0.855. The molecule has 2 rings (SSSR count). The summed E-state index contributed by atoms with van der Waals surface area (Å²) >= 11 is 0. The number of benzene rings is 1. The lowest BCUT2D eigenvalue weighted by molar-refractivity contribution is -0.133. The van der Waals surface area contributed by atoms with Crippen LogP contribution in [0.4, 0.5) is 14.5 Å². The van der Waals surface area contributed by atoms with Gasteiger partial charge < -0.3 is 15.5 Å². The normalized spacial score (nSPS) is 16.6. The van der Waals surface area contributed by atoms with E-state index in [4.69, 9.17) is 0 Å². The first-order chi connectivity index (χ1) is 10.4. The summed E-state index contributed by atoms with van der Waals surface area (Å²) in [7, 11) is 1.53. The Kier molecular flexibility index (Phi) is 7.38. The van der Waals surface area contributed by atoms with Crippen molar-refractivity contribution >= 4 is 29.9 Å². The molecule has 1 aromatic rings. The summed E-state index contributed by atoms with van der Waals surface area (Å²) in [6, 6.07) is 2.92. The monoisotopic (exact) mass is 347 g/mol. The number of nitrogens with zero attached hydrogens (tertiary/aromatic N) is 1. The number of anilines is 1. The molecule has 0 saturated carbocycles. The zero-order chi connectivity index (χ0) is 16.1. The van der Waals surface area contributed by atoms with Crippen molar-refractivity contribution in [1.29, 1.82) is 0 Å². The van der Waals surface area contributed by atoms with Crippen molar-refractivity contribution in [3.63, 3.8) is 0 Å². The second-order valence-corrected chi connectivity index (χ2v) is 5.45. The summed E-state index contributed by atoms with van der Waals surface area (Å²) in [6.07, 6.45) is 2.35. The Morgan fingerprint density at radius 2 is 1.96 bits per heavy atom. The van der Waals surface area contributed by atoms with Gasteiger partial charge in [0.05, 0.1) is 6.54 Å². The van der Waals surface area contributed by atoms with Crippen LogP contribution in [0, 0.1) is 11.6 Å². The maximum Gasteiger partial charge on any atom is 0.243 e. The summed E-state index contributed by atoms with van der Waals surface area (Å²) < 4.78 is 26.1. The number of likely N-dealkylation sites (N-methyl/N-ethyl adjacent to an activating group) is 1. The molecule has 1 aliphatic rings. The Labute approximate surface area is 139 Å². The van der Waals surface area contributed by atoms with Crippen LogP contribution in [-0.2, 0) is 9.59 Å². The molecule has 1 aliphatic heterocycles. The van der Waals surface area contributed by atoms with Crippen LogP contribution in [-0.4, -0.2) is 42.9 Å². The summed E-state index contributed by atoms with van der Waals surface area (Å²) in [4.78, 5) is 25.1. The van der Waals surface area contributed by atoms with Gasteiger partial charge in [-0.25, -0.2) is 8.78 Å². The lowest BCUT2D eigenvalue weighted by atomic mass is 10.1. The van der Waals surface area contributed by atoms with E-state index in [1.807, 2.05) is 0 Å². The maximum atomic E-state index is 13.0. The predicted molar refractivity (Wildman–Crippen MR) is 85.5 cm³/mol. The van der Waals surface area contributed by atoms with Gasteiger partial charge >= 0.3 is 0 Å². The average molecular weight is 348 g/mol. The fourth-order valence-electron chi connectivity index (χ4n) is 2.43. The molecule has 0 radical (unpaired) electrons. The van der Waals surface area contributed by atoms with E-state index < -0.39 is 17.5 Å². The van der Waals surface area contributed by atoms with Crippen molar-refractivity contribution in [3.05, 3.63) is 29.8 Å². The molecule has 1 fully saturated rings. The van der Waals surface area contributed by atoms with Gasteiger partial charge in [0.1, 0.15) is 11.6 Å². The fraction of sp³-hybridized carbons (Fsp3) is 0.467. The molecular formula is C15H20ClF2N3O2. The van der Waals surface area contributed by atoms with E-state index in [0.29, 0.717) is 6.42 Å². The Morgan fingerprint density at radius 3 is 2.52 bits per heavy atom. The van der Waals surface area contributed by atoms with Crippen molar-refractivity contribution in [2.75, 3.05) is 25.5 Å². The molecule has 0 spiro atoms. The van der Waals surface area contributed by atoms with Crippen LogP contribution in [0.2, 0.25) is 0 Å². The fourth-order valence-corrected chi connectivity index (χ4v) is 2.43. The van der Waals surface area contributed by atoms with Crippen molar-refractivity contribution in [3.8, 4) is 0 Å². The molecule has 128 valence electrons. The van der Waals surface area contributed by atoms with E-state index in [-0.39, 0.29) is 36.6 Å².